The van der Waals surface area contributed by atoms with Crippen molar-refractivity contribution in [3.8, 4) is 0 Å². The van der Waals surface area contributed by atoms with Crippen LogP contribution in [0.15, 0.2) is 0 Å². The lowest BCUT2D eigenvalue weighted by Crippen LogP contribution is -2.48. The maximum Gasteiger partial charge on any atom is 0.0613 e. The Morgan fingerprint density at radius 2 is 1.90 bits per heavy atom. The highest BCUT2D eigenvalue weighted by atomic mass is 16.3. The zero-order valence-corrected chi connectivity index (χ0v) is 14.0. The highest BCUT2D eigenvalue weighted by Gasteiger charge is 2.26. The second kappa shape index (κ2) is 9.75. The molecule has 0 aromatic heterocycles. The molecule has 1 aliphatic heterocycles. The van der Waals surface area contributed by atoms with Crippen molar-refractivity contribution in [2.75, 3.05) is 32.8 Å². The molecular formula is C17H36N2O. The SMILES string of the molecule is CCCC1CCN(CCCC(CC)(CO)NCC)CC1. The molecule has 0 bridgehead atoms. The molecule has 0 spiro atoms. The van der Waals surface area contributed by atoms with Crippen LogP contribution in [0, 0.1) is 5.92 Å². The van der Waals surface area contributed by atoms with Gasteiger partial charge in [-0.15, -0.1) is 0 Å². The van der Waals surface area contributed by atoms with E-state index in [1.807, 2.05) is 0 Å². The van der Waals surface area contributed by atoms with E-state index in [0.717, 1.165) is 25.3 Å². The molecule has 0 aliphatic carbocycles. The van der Waals surface area contributed by atoms with Crippen LogP contribution in [0.3, 0.4) is 0 Å². The van der Waals surface area contributed by atoms with Crippen molar-refractivity contribution in [1.29, 1.82) is 0 Å². The molecule has 1 rings (SSSR count). The summed E-state index contributed by atoms with van der Waals surface area (Å²) in [6, 6.07) is 0. The fourth-order valence-corrected chi connectivity index (χ4v) is 3.56. The predicted molar refractivity (Wildman–Crippen MR) is 87.1 cm³/mol. The number of nitrogens with one attached hydrogen (secondary N) is 1. The van der Waals surface area contributed by atoms with Crippen LogP contribution in [-0.2, 0) is 0 Å². The van der Waals surface area contributed by atoms with Gasteiger partial charge in [-0.2, -0.15) is 0 Å². The number of nitrogens with zero attached hydrogens (tertiary/aromatic N) is 1. The molecular weight excluding hydrogens is 248 g/mol. The number of hydrogen-bond acceptors (Lipinski definition) is 3. The molecule has 2 N–H and O–H groups in total. The molecule has 1 fully saturated rings. The Morgan fingerprint density at radius 1 is 1.20 bits per heavy atom. The van der Waals surface area contributed by atoms with E-state index in [1.54, 1.807) is 0 Å². The van der Waals surface area contributed by atoms with E-state index in [1.165, 1.54) is 51.7 Å². The Labute approximate surface area is 126 Å². The Morgan fingerprint density at radius 3 is 2.40 bits per heavy atom. The third kappa shape index (κ3) is 5.71. The minimum Gasteiger partial charge on any atom is -0.394 e. The summed E-state index contributed by atoms with van der Waals surface area (Å²) in [6.07, 6.45) is 8.82. The molecule has 0 amide bonds. The molecule has 20 heavy (non-hydrogen) atoms. The van der Waals surface area contributed by atoms with Gasteiger partial charge in [-0.1, -0.05) is 33.6 Å². The van der Waals surface area contributed by atoms with Crippen molar-refractivity contribution in [2.24, 2.45) is 5.92 Å². The smallest absolute Gasteiger partial charge is 0.0613 e. The van der Waals surface area contributed by atoms with E-state index in [9.17, 15) is 5.11 Å². The van der Waals surface area contributed by atoms with E-state index in [0.29, 0.717) is 0 Å². The average molecular weight is 284 g/mol. The van der Waals surface area contributed by atoms with E-state index in [-0.39, 0.29) is 12.1 Å². The number of rotatable bonds is 10. The second-order valence-electron chi connectivity index (χ2n) is 6.50. The second-order valence-corrected chi connectivity index (χ2v) is 6.50. The summed E-state index contributed by atoms with van der Waals surface area (Å²) in [6.45, 7) is 11.6. The summed E-state index contributed by atoms with van der Waals surface area (Å²) < 4.78 is 0. The first kappa shape index (κ1) is 17.9. The first-order valence-corrected chi connectivity index (χ1v) is 8.78. The van der Waals surface area contributed by atoms with Gasteiger partial charge in [-0.3, -0.25) is 0 Å². The van der Waals surface area contributed by atoms with Crippen molar-refractivity contribution in [3.63, 3.8) is 0 Å². The van der Waals surface area contributed by atoms with Crippen LogP contribution in [0.5, 0.6) is 0 Å². The Bertz CT molecular complexity index is 233. The molecule has 1 heterocycles. The van der Waals surface area contributed by atoms with Crippen molar-refractivity contribution in [3.05, 3.63) is 0 Å². The lowest BCUT2D eigenvalue weighted by molar-refractivity contribution is 0.131. The van der Waals surface area contributed by atoms with Gasteiger partial charge in [0.15, 0.2) is 0 Å². The number of likely N-dealkylation sites (N-methyl/N-ethyl adjacent to an activating group) is 1. The number of aliphatic hydroxyl groups excluding tert-OH is 1. The van der Waals surface area contributed by atoms with E-state index in [4.69, 9.17) is 0 Å². The van der Waals surface area contributed by atoms with Gasteiger partial charge in [-0.05, 0) is 64.2 Å². The highest BCUT2D eigenvalue weighted by molar-refractivity contribution is 4.86. The van der Waals surface area contributed by atoms with Gasteiger partial charge >= 0.3 is 0 Å². The Balaban J connectivity index is 2.23. The Hall–Kier alpha value is -0.120. The van der Waals surface area contributed by atoms with Gasteiger partial charge in [0.1, 0.15) is 0 Å². The van der Waals surface area contributed by atoms with Crippen molar-refractivity contribution < 1.29 is 5.11 Å². The van der Waals surface area contributed by atoms with E-state index in [2.05, 4.69) is 31.0 Å². The summed E-state index contributed by atoms with van der Waals surface area (Å²) in [5.41, 5.74) is -0.0463. The molecule has 0 saturated carbocycles. The molecule has 3 heteroatoms. The first-order chi connectivity index (χ1) is 9.69. The highest BCUT2D eigenvalue weighted by Crippen LogP contribution is 2.23. The summed E-state index contributed by atoms with van der Waals surface area (Å²) in [5, 5.41) is 13.2. The van der Waals surface area contributed by atoms with Crippen LogP contribution >= 0.6 is 0 Å². The lowest BCUT2D eigenvalue weighted by Gasteiger charge is -2.35. The summed E-state index contributed by atoms with van der Waals surface area (Å²) in [5.74, 6) is 0.977. The van der Waals surface area contributed by atoms with Crippen LogP contribution in [0.4, 0.5) is 0 Å². The van der Waals surface area contributed by atoms with Crippen molar-refractivity contribution in [1.82, 2.24) is 10.2 Å². The van der Waals surface area contributed by atoms with Gasteiger partial charge < -0.3 is 15.3 Å². The van der Waals surface area contributed by atoms with Gasteiger partial charge in [0.25, 0.3) is 0 Å². The van der Waals surface area contributed by atoms with E-state index < -0.39 is 0 Å². The molecule has 3 nitrogen and oxygen atoms in total. The summed E-state index contributed by atoms with van der Waals surface area (Å²) >= 11 is 0. The molecule has 0 aromatic rings. The molecule has 1 unspecified atom stereocenters. The predicted octanol–water partition coefficient (Wildman–Crippen LogP) is 3.03. The fourth-order valence-electron chi connectivity index (χ4n) is 3.56. The minimum absolute atomic E-state index is 0.0463. The standard InChI is InChI=1S/C17H36N2O/c1-4-8-16-9-13-19(14-10-16)12-7-11-17(5-2,15-20)18-6-3/h16,18,20H,4-15H2,1-3H3. The molecule has 1 aliphatic rings. The number of hydrogen-bond donors (Lipinski definition) is 2. The molecule has 1 saturated heterocycles. The summed E-state index contributed by atoms with van der Waals surface area (Å²) in [7, 11) is 0. The lowest BCUT2D eigenvalue weighted by atomic mass is 9.90. The quantitative estimate of drug-likeness (QED) is 0.647. The molecule has 1 atom stereocenters. The third-order valence-corrected chi connectivity index (χ3v) is 5.06. The molecule has 120 valence electrons. The Kier molecular flexibility index (Phi) is 8.74. The van der Waals surface area contributed by atoms with Gasteiger partial charge in [-0.25, -0.2) is 0 Å². The van der Waals surface area contributed by atoms with Crippen LogP contribution < -0.4 is 5.32 Å². The van der Waals surface area contributed by atoms with Crippen LogP contribution in [-0.4, -0.2) is 48.3 Å². The van der Waals surface area contributed by atoms with Crippen molar-refractivity contribution >= 4 is 0 Å². The normalized spacial score (nSPS) is 21.0. The van der Waals surface area contributed by atoms with Crippen molar-refractivity contribution in [2.45, 2.75) is 71.3 Å². The largest absolute Gasteiger partial charge is 0.394 e. The van der Waals surface area contributed by atoms with Gasteiger partial charge in [0.05, 0.1) is 6.61 Å². The van der Waals surface area contributed by atoms with Gasteiger partial charge in [0.2, 0.25) is 0 Å². The van der Waals surface area contributed by atoms with Crippen LogP contribution in [0.25, 0.3) is 0 Å². The topological polar surface area (TPSA) is 35.5 Å². The van der Waals surface area contributed by atoms with Gasteiger partial charge in [0, 0.05) is 5.54 Å². The van der Waals surface area contributed by atoms with E-state index >= 15 is 0 Å². The average Bonchev–Trinajstić information content (AvgIpc) is 2.48. The number of aliphatic hydroxyl groups is 1. The van der Waals surface area contributed by atoms with Crippen LogP contribution in [0.2, 0.25) is 0 Å². The number of likely N-dealkylation sites (tertiary alicyclic amines) is 1. The maximum absolute atomic E-state index is 9.66. The number of piperidine rings is 1. The third-order valence-electron chi connectivity index (χ3n) is 5.06. The van der Waals surface area contributed by atoms with Crippen LogP contribution in [0.1, 0.15) is 65.7 Å². The summed E-state index contributed by atoms with van der Waals surface area (Å²) in [4.78, 5) is 2.62. The zero-order valence-electron chi connectivity index (χ0n) is 14.0. The maximum atomic E-state index is 9.66. The first-order valence-electron chi connectivity index (χ1n) is 8.78. The monoisotopic (exact) mass is 284 g/mol. The fraction of sp³-hybridized carbons (Fsp3) is 1.00. The zero-order chi connectivity index (χ0) is 14.8. The molecule has 0 radical (unpaired) electrons. The molecule has 0 aromatic carbocycles. The minimum atomic E-state index is -0.0463.